The van der Waals surface area contributed by atoms with Crippen molar-refractivity contribution < 1.29 is 0 Å². The van der Waals surface area contributed by atoms with E-state index in [1.54, 1.807) is 6.20 Å². The van der Waals surface area contributed by atoms with Crippen LogP contribution in [0.2, 0.25) is 0 Å². The number of aliphatic imine (C=N–C) groups is 1. The number of allylic oxidation sites excluding steroid dienone is 1. The third kappa shape index (κ3) is 2.74. The highest BCUT2D eigenvalue weighted by Gasteiger charge is 2.30. The van der Waals surface area contributed by atoms with Gasteiger partial charge in [0.15, 0.2) is 0 Å². The number of nitrogens with zero attached hydrogens (tertiary/aromatic N) is 2. The molecule has 0 saturated heterocycles. The van der Waals surface area contributed by atoms with Crippen molar-refractivity contribution in [3.63, 3.8) is 0 Å². The van der Waals surface area contributed by atoms with E-state index in [0.29, 0.717) is 12.0 Å². The van der Waals surface area contributed by atoms with Crippen LogP contribution >= 0.6 is 0 Å². The lowest BCUT2D eigenvalue weighted by Crippen LogP contribution is -2.31. The van der Waals surface area contributed by atoms with E-state index in [1.807, 2.05) is 0 Å². The van der Waals surface area contributed by atoms with Gasteiger partial charge in [0.25, 0.3) is 0 Å². The molecule has 0 amide bonds. The number of rotatable bonds is 4. The average molecular weight is 246 g/mol. The van der Waals surface area contributed by atoms with Gasteiger partial charge in [-0.3, -0.25) is 0 Å². The summed E-state index contributed by atoms with van der Waals surface area (Å²) in [5, 5.41) is 0. The zero-order chi connectivity index (χ0) is 13.9. The zero-order valence-electron chi connectivity index (χ0n) is 12.6. The van der Waals surface area contributed by atoms with E-state index in [1.165, 1.54) is 16.7 Å². The van der Waals surface area contributed by atoms with E-state index in [4.69, 9.17) is 0 Å². The first-order valence-corrected chi connectivity index (χ1v) is 6.80. The van der Waals surface area contributed by atoms with Crippen LogP contribution in [0.15, 0.2) is 40.7 Å². The van der Waals surface area contributed by atoms with Crippen molar-refractivity contribution >= 4 is 5.84 Å². The molecular formula is C16H26N2. The van der Waals surface area contributed by atoms with Crippen molar-refractivity contribution in [3.8, 4) is 0 Å². The van der Waals surface area contributed by atoms with Gasteiger partial charge in [-0.2, -0.15) is 0 Å². The molecule has 0 aromatic carbocycles. The third-order valence-electron chi connectivity index (χ3n) is 3.44. The van der Waals surface area contributed by atoms with Gasteiger partial charge < -0.3 is 4.90 Å². The Bertz CT molecular complexity index is 407. The van der Waals surface area contributed by atoms with Crippen molar-refractivity contribution in [1.82, 2.24) is 4.90 Å². The van der Waals surface area contributed by atoms with Gasteiger partial charge in [-0.1, -0.05) is 32.9 Å². The Morgan fingerprint density at radius 2 is 2.00 bits per heavy atom. The summed E-state index contributed by atoms with van der Waals surface area (Å²) in [5.41, 5.74) is 4.00. The van der Waals surface area contributed by atoms with Crippen molar-refractivity contribution in [2.24, 2.45) is 10.9 Å². The molecule has 0 bridgehead atoms. The fourth-order valence-electron chi connectivity index (χ4n) is 2.23. The van der Waals surface area contributed by atoms with Gasteiger partial charge >= 0.3 is 0 Å². The fraction of sp³-hybridized carbons (Fsp3) is 0.562. The van der Waals surface area contributed by atoms with Crippen LogP contribution in [0.4, 0.5) is 0 Å². The Balaban J connectivity index is 3.34. The zero-order valence-corrected chi connectivity index (χ0v) is 12.6. The van der Waals surface area contributed by atoms with Crippen molar-refractivity contribution in [1.29, 1.82) is 0 Å². The van der Waals surface area contributed by atoms with E-state index < -0.39 is 0 Å². The summed E-state index contributed by atoms with van der Waals surface area (Å²) >= 11 is 0. The molecule has 0 aliphatic carbocycles. The van der Waals surface area contributed by atoms with Crippen LogP contribution in [0.3, 0.4) is 0 Å². The van der Waals surface area contributed by atoms with E-state index in [-0.39, 0.29) is 0 Å². The molecule has 0 fully saturated rings. The normalized spacial score (nSPS) is 19.5. The topological polar surface area (TPSA) is 15.6 Å². The lowest BCUT2D eigenvalue weighted by atomic mass is 9.94. The molecule has 0 N–H and O–H groups in total. The Morgan fingerprint density at radius 3 is 2.39 bits per heavy atom. The number of hydrogen-bond donors (Lipinski definition) is 0. The molecule has 0 radical (unpaired) electrons. The van der Waals surface area contributed by atoms with Gasteiger partial charge in [0.2, 0.25) is 0 Å². The predicted molar refractivity (Wildman–Crippen MR) is 80.5 cm³/mol. The Hall–Kier alpha value is -1.31. The second kappa shape index (κ2) is 6.03. The highest BCUT2D eigenvalue weighted by atomic mass is 15.2. The van der Waals surface area contributed by atoms with Crippen LogP contribution in [0, 0.1) is 5.92 Å². The lowest BCUT2D eigenvalue weighted by Gasteiger charge is -2.24. The molecule has 100 valence electrons. The first-order valence-electron chi connectivity index (χ1n) is 6.80. The van der Waals surface area contributed by atoms with Crippen molar-refractivity contribution in [2.45, 2.75) is 54.0 Å². The van der Waals surface area contributed by atoms with E-state index in [0.717, 1.165) is 12.3 Å². The molecule has 1 aliphatic heterocycles. The molecule has 18 heavy (non-hydrogen) atoms. The van der Waals surface area contributed by atoms with Crippen LogP contribution < -0.4 is 0 Å². The second-order valence-corrected chi connectivity index (χ2v) is 5.41. The summed E-state index contributed by atoms with van der Waals surface area (Å²) in [7, 11) is 0. The molecule has 2 nitrogen and oxygen atoms in total. The minimum Gasteiger partial charge on any atom is -0.329 e. The summed E-state index contributed by atoms with van der Waals surface area (Å²) < 4.78 is 0. The summed E-state index contributed by atoms with van der Waals surface area (Å²) in [5.74, 6) is 1.57. The first-order chi connectivity index (χ1) is 8.43. The number of amidine groups is 1. The van der Waals surface area contributed by atoms with Crippen LogP contribution in [-0.2, 0) is 0 Å². The summed E-state index contributed by atoms with van der Waals surface area (Å²) in [4.78, 5) is 6.80. The maximum Gasteiger partial charge on any atom is 0.140 e. The van der Waals surface area contributed by atoms with Gasteiger partial charge in [-0.15, -0.1) is 0 Å². The van der Waals surface area contributed by atoms with Gasteiger partial charge in [-0.05, 0) is 38.7 Å². The third-order valence-corrected chi connectivity index (χ3v) is 3.44. The molecule has 1 aliphatic rings. The van der Waals surface area contributed by atoms with Gasteiger partial charge in [0.05, 0.1) is 0 Å². The highest BCUT2D eigenvalue weighted by Crippen LogP contribution is 2.33. The van der Waals surface area contributed by atoms with Crippen LogP contribution in [0.5, 0.6) is 0 Å². The van der Waals surface area contributed by atoms with E-state index in [2.05, 4.69) is 64.2 Å². The molecule has 1 unspecified atom stereocenters. The smallest absolute Gasteiger partial charge is 0.140 e. The SMILES string of the molecule is C=C/N=C1\C(=C(C)C)C(C(C)C)=CN1C(C)CC. The van der Waals surface area contributed by atoms with Crippen LogP contribution in [-0.4, -0.2) is 16.8 Å². The number of hydrogen-bond acceptors (Lipinski definition) is 1. The summed E-state index contributed by atoms with van der Waals surface area (Å²) in [6.45, 7) is 17.0. The molecule has 0 spiro atoms. The molecule has 1 rings (SSSR count). The molecule has 0 aromatic rings. The largest absolute Gasteiger partial charge is 0.329 e. The molecular weight excluding hydrogens is 220 g/mol. The maximum absolute atomic E-state index is 4.51. The molecule has 0 saturated carbocycles. The summed E-state index contributed by atoms with van der Waals surface area (Å²) in [6.07, 6.45) is 5.02. The Morgan fingerprint density at radius 1 is 1.39 bits per heavy atom. The minimum atomic E-state index is 0.467. The molecule has 0 aromatic heterocycles. The Kier molecular flexibility index (Phi) is 4.94. The quantitative estimate of drug-likeness (QED) is 0.712. The summed E-state index contributed by atoms with van der Waals surface area (Å²) in [6, 6.07) is 0.467. The van der Waals surface area contributed by atoms with Gasteiger partial charge in [0.1, 0.15) is 5.84 Å². The van der Waals surface area contributed by atoms with Crippen LogP contribution in [0.25, 0.3) is 0 Å². The first kappa shape index (κ1) is 14.7. The standard InChI is InChI=1S/C16H26N2/c1-8-13(7)18-10-14(11(3)4)15(12(5)6)16(18)17-9-2/h9-11,13H,2,8H2,1,3-7H3/b17-16+. The Labute approximate surface area is 112 Å². The fourth-order valence-corrected chi connectivity index (χ4v) is 2.23. The van der Waals surface area contributed by atoms with Crippen LogP contribution in [0.1, 0.15) is 48.0 Å². The van der Waals surface area contributed by atoms with Crippen molar-refractivity contribution in [3.05, 3.63) is 35.7 Å². The van der Waals surface area contributed by atoms with E-state index in [9.17, 15) is 0 Å². The van der Waals surface area contributed by atoms with Gasteiger partial charge in [-0.25, -0.2) is 4.99 Å². The predicted octanol–water partition coefficient (Wildman–Crippen LogP) is 4.52. The average Bonchev–Trinajstić information content (AvgIpc) is 2.68. The van der Waals surface area contributed by atoms with E-state index >= 15 is 0 Å². The van der Waals surface area contributed by atoms with Gasteiger partial charge in [0, 0.05) is 24.0 Å². The highest BCUT2D eigenvalue weighted by molar-refractivity contribution is 6.06. The second-order valence-electron chi connectivity index (χ2n) is 5.41. The minimum absolute atomic E-state index is 0.467. The monoisotopic (exact) mass is 246 g/mol. The lowest BCUT2D eigenvalue weighted by molar-refractivity contribution is 0.422. The molecule has 1 atom stereocenters. The van der Waals surface area contributed by atoms with Crippen molar-refractivity contribution in [2.75, 3.05) is 0 Å². The maximum atomic E-state index is 4.51. The molecule has 2 heteroatoms. The molecule has 1 heterocycles.